The highest BCUT2D eigenvalue weighted by Crippen LogP contribution is 2.07. The zero-order chi connectivity index (χ0) is 13.3. The Labute approximate surface area is 104 Å². The van der Waals surface area contributed by atoms with Gasteiger partial charge in [-0.15, -0.1) is 0 Å². The van der Waals surface area contributed by atoms with Gasteiger partial charge >= 0.3 is 5.97 Å². The second-order valence-corrected chi connectivity index (χ2v) is 4.42. The summed E-state index contributed by atoms with van der Waals surface area (Å²) in [5, 5.41) is 8.53. The fourth-order valence-corrected chi connectivity index (χ4v) is 1.28. The van der Waals surface area contributed by atoms with Crippen molar-refractivity contribution in [3.63, 3.8) is 0 Å². The van der Waals surface area contributed by atoms with E-state index < -0.39 is 5.97 Å². The van der Waals surface area contributed by atoms with E-state index in [1.807, 2.05) is 12.2 Å². The maximum atomic E-state index is 10.4. The fraction of sp³-hybridized carbons (Fsp3) is 0.400. The summed E-state index contributed by atoms with van der Waals surface area (Å²) in [6, 6.07) is 0. The number of carboxylic acid groups (broad SMARTS) is 1. The van der Waals surface area contributed by atoms with Gasteiger partial charge in [0, 0.05) is 6.08 Å². The molecule has 0 rings (SSSR count). The highest BCUT2D eigenvalue weighted by Gasteiger charge is 1.89. The molecule has 0 aromatic heterocycles. The molecular formula is C15H22O2. The van der Waals surface area contributed by atoms with Crippen molar-refractivity contribution >= 4 is 5.97 Å². The van der Waals surface area contributed by atoms with E-state index in [1.165, 1.54) is 17.2 Å². The number of hydrogen-bond acceptors (Lipinski definition) is 1. The molecule has 2 nitrogen and oxygen atoms in total. The second kappa shape index (κ2) is 8.57. The third-order valence-corrected chi connectivity index (χ3v) is 2.18. The predicted molar refractivity (Wildman–Crippen MR) is 73.0 cm³/mol. The first-order valence-electron chi connectivity index (χ1n) is 5.80. The van der Waals surface area contributed by atoms with E-state index in [0.717, 1.165) is 18.4 Å². The molecule has 0 aliphatic rings. The molecule has 0 aromatic rings. The van der Waals surface area contributed by atoms with Gasteiger partial charge in [-0.2, -0.15) is 0 Å². The molecule has 17 heavy (non-hydrogen) atoms. The molecule has 0 heterocycles. The second-order valence-electron chi connectivity index (χ2n) is 4.42. The molecular weight excluding hydrogens is 212 g/mol. The number of aliphatic carboxylic acids is 1. The first-order chi connectivity index (χ1) is 7.91. The fourth-order valence-electron chi connectivity index (χ4n) is 1.28. The van der Waals surface area contributed by atoms with E-state index in [-0.39, 0.29) is 0 Å². The third-order valence-electron chi connectivity index (χ3n) is 2.18. The van der Waals surface area contributed by atoms with Gasteiger partial charge in [0.15, 0.2) is 0 Å². The summed E-state index contributed by atoms with van der Waals surface area (Å²) in [4.78, 5) is 10.4. The van der Waals surface area contributed by atoms with Crippen LogP contribution in [0.4, 0.5) is 0 Å². The van der Waals surface area contributed by atoms with E-state index in [0.29, 0.717) is 0 Å². The monoisotopic (exact) mass is 234 g/mol. The molecule has 0 aliphatic carbocycles. The van der Waals surface area contributed by atoms with E-state index in [9.17, 15) is 4.79 Å². The number of hydrogen-bond donors (Lipinski definition) is 1. The largest absolute Gasteiger partial charge is 0.478 e. The van der Waals surface area contributed by atoms with Crippen molar-refractivity contribution < 1.29 is 9.90 Å². The topological polar surface area (TPSA) is 37.3 Å². The Morgan fingerprint density at radius 3 is 2.35 bits per heavy atom. The van der Waals surface area contributed by atoms with Crippen LogP contribution in [-0.4, -0.2) is 11.1 Å². The van der Waals surface area contributed by atoms with Crippen LogP contribution in [-0.2, 0) is 4.79 Å². The molecule has 0 aromatic carbocycles. The van der Waals surface area contributed by atoms with E-state index in [2.05, 4.69) is 26.8 Å². The van der Waals surface area contributed by atoms with Crippen molar-refractivity contribution in [3.05, 3.63) is 47.1 Å². The molecule has 0 aliphatic heterocycles. The molecule has 94 valence electrons. The molecule has 0 saturated carbocycles. The summed E-state index contributed by atoms with van der Waals surface area (Å²) < 4.78 is 0. The van der Waals surface area contributed by atoms with Crippen LogP contribution in [0.3, 0.4) is 0 Å². The van der Waals surface area contributed by atoms with Crippen molar-refractivity contribution in [1.82, 2.24) is 0 Å². The summed E-state index contributed by atoms with van der Waals surface area (Å²) in [7, 11) is 0. The molecule has 0 radical (unpaired) electrons. The van der Waals surface area contributed by atoms with Crippen LogP contribution < -0.4 is 0 Å². The smallest absolute Gasteiger partial charge is 0.328 e. The standard InChI is InChI=1S/C15H22O2/c1-12(2)7-5-8-13(3)9-6-10-14(4)11-15(16)17/h6-7,9-11H,5,8H2,1-4H3,(H,16,17)/b10-6+,13-9-,14-11-. The van der Waals surface area contributed by atoms with Crippen LogP contribution in [0, 0.1) is 0 Å². The molecule has 1 N–H and O–H groups in total. The third kappa shape index (κ3) is 10.7. The number of carboxylic acids is 1. The lowest BCUT2D eigenvalue weighted by atomic mass is 10.1. The highest BCUT2D eigenvalue weighted by molar-refractivity contribution is 5.81. The number of carbonyl (C=O) groups is 1. The Hall–Kier alpha value is -1.57. The first kappa shape index (κ1) is 15.4. The average Bonchev–Trinajstić information content (AvgIpc) is 2.15. The van der Waals surface area contributed by atoms with Gasteiger partial charge in [0.05, 0.1) is 0 Å². The molecule has 0 unspecified atom stereocenters. The molecule has 0 saturated heterocycles. The van der Waals surface area contributed by atoms with Gasteiger partial charge in [-0.1, -0.05) is 35.5 Å². The van der Waals surface area contributed by atoms with Crippen LogP contribution in [0.5, 0.6) is 0 Å². The maximum Gasteiger partial charge on any atom is 0.328 e. The summed E-state index contributed by atoms with van der Waals surface area (Å²) >= 11 is 0. The van der Waals surface area contributed by atoms with Crippen molar-refractivity contribution in [2.24, 2.45) is 0 Å². The minimum atomic E-state index is -0.906. The minimum Gasteiger partial charge on any atom is -0.478 e. The van der Waals surface area contributed by atoms with Crippen LogP contribution >= 0.6 is 0 Å². The van der Waals surface area contributed by atoms with Gasteiger partial charge in [-0.05, 0) is 46.1 Å². The summed E-state index contributed by atoms with van der Waals surface area (Å²) in [5.74, 6) is -0.906. The molecule has 0 bridgehead atoms. The van der Waals surface area contributed by atoms with Crippen LogP contribution in [0.2, 0.25) is 0 Å². The molecule has 0 atom stereocenters. The Kier molecular flexibility index (Phi) is 7.78. The first-order valence-corrected chi connectivity index (χ1v) is 5.80. The Balaban J connectivity index is 4.19. The summed E-state index contributed by atoms with van der Waals surface area (Å²) in [6.45, 7) is 8.05. The van der Waals surface area contributed by atoms with Crippen molar-refractivity contribution in [2.45, 2.75) is 40.5 Å². The molecule has 0 spiro atoms. The van der Waals surface area contributed by atoms with E-state index >= 15 is 0 Å². The van der Waals surface area contributed by atoms with Crippen molar-refractivity contribution in [3.8, 4) is 0 Å². The van der Waals surface area contributed by atoms with Gasteiger partial charge in [0.1, 0.15) is 0 Å². The Morgan fingerprint density at radius 1 is 1.18 bits per heavy atom. The lowest BCUT2D eigenvalue weighted by molar-refractivity contribution is -0.131. The predicted octanol–water partition coefficient (Wildman–Crippen LogP) is 4.27. The average molecular weight is 234 g/mol. The van der Waals surface area contributed by atoms with Crippen LogP contribution in [0.1, 0.15) is 40.5 Å². The number of rotatable bonds is 6. The molecule has 2 heteroatoms. The van der Waals surface area contributed by atoms with E-state index in [4.69, 9.17) is 5.11 Å². The molecule has 0 amide bonds. The SMILES string of the molecule is CC(C)=CCC\C(C)=C/C=C/C(C)=C\C(=O)O. The van der Waals surface area contributed by atoms with Gasteiger partial charge in [0.25, 0.3) is 0 Å². The van der Waals surface area contributed by atoms with Crippen LogP contribution in [0.25, 0.3) is 0 Å². The lowest BCUT2D eigenvalue weighted by Crippen LogP contribution is -1.87. The van der Waals surface area contributed by atoms with Crippen molar-refractivity contribution in [1.29, 1.82) is 0 Å². The quantitative estimate of drug-likeness (QED) is 0.423. The highest BCUT2D eigenvalue weighted by atomic mass is 16.4. The van der Waals surface area contributed by atoms with Gasteiger partial charge in [0.2, 0.25) is 0 Å². The van der Waals surface area contributed by atoms with Crippen LogP contribution in [0.15, 0.2) is 47.1 Å². The zero-order valence-electron chi connectivity index (χ0n) is 11.2. The molecule has 0 fully saturated rings. The Bertz CT molecular complexity index is 364. The lowest BCUT2D eigenvalue weighted by Gasteiger charge is -1.96. The summed E-state index contributed by atoms with van der Waals surface area (Å²) in [5.41, 5.74) is 3.38. The Morgan fingerprint density at radius 2 is 1.82 bits per heavy atom. The normalized spacial score (nSPS) is 12.9. The van der Waals surface area contributed by atoms with Gasteiger partial charge in [-0.25, -0.2) is 4.79 Å². The number of allylic oxidation sites excluding steroid dienone is 7. The maximum absolute atomic E-state index is 10.4. The zero-order valence-corrected chi connectivity index (χ0v) is 11.2. The van der Waals surface area contributed by atoms with Gasteiger partial charge < -0.3 is 5.11 Å². The van der Waals surface area contributed by atoms with Gasteiger partial charge in [-0.3, -0.25) is 0 Å². The van der Waals surface area contributed by atoms with Crippen molar-refractivity contribution in [2.75, 3.05) is 0 Å². The van der Waals surface area contributed by atoms with E-state index in [1.54, 1.807) is 13.0 Å². The minimum absolute atomic E-state index is 0.742. The summed E-state index contributed by atoms with van der Waals surface area (Å²) in [6.07, 6.45) is 11.2.